The second-order valence-corrected chi connectivity index (χ2v) is 5.74. The standard InChI is InChI=1S/C16H22N4O2/c1-4-12(2)16(3,22)9-18-15(21)13-5-7-14(8-6-13)20-11-17-10-19-20/h5-8,10-12,22H,4,9H2,1-3H3,(H,18,21). The summed E-state index contributed by atoms with van der Waals surface area (Å²) in [5, 5.41) is 17.1. The molecule has 0 radical (unpaired) electrons. The van der Waals surface area contributed by atoms with Gasteiger partial charge in [-0.05, 0) is 37.1 Å². The predicted molar refractivity (Wildman–Crippen MR) is 83.8 cm³/mol. The van der Waals surface area contributed by atoms with Gasteiger partial charge in [0.2, 0.25) is 0 Å². The van der Waals surface area contributed by atoms with Crippen molar-refractivity contribution in [3.63, 3.8) is 0 Å². The molecule has 0 spiro atoms. The van der Waals surface area contributed by atoms with Crippen molar-refractivity contribution < 1.29 is 9.90 Å². The first-order chi connectivity index (χ1) is 10.4. The van der Waals surface area contributed by atoms with E-state index >= 15 is 0 Å². The van der Waals surface area contributed by atoms with Gasteiger partial charge < -0.3 is 10.4 Å². The second kappa shape index (κ2) is 6.70. The first kappa shape index (κ1) is 16.2. The molecule has 22 heavy (non-hydrogen) atoms. The van der Waals surface area contributed by atoms with E-state index in [1.165, 1.54) is 6.33 Å². The summed E-state index contributed by atoms with van der Waals surface area (Å²) in [7, 11) is 0. The van der Waals surface area contributed by atoms with E-state index in [1.807, 2.05) is 13.8 Å². The number of rotatable bonds is 6. The summed E-state index contributed by atoms with van der Waals surface area (Å²) in [4.78, 5) is 16.0. The average molecular weight is 302 g/mol. The number of carbonyl (C=O) groups excluding carboxylic acids is 1. The molecule has 6 heteroatoms. The minimum atomic E-state index is -0.912. The molecule has 6 nitrogen and oxygen atoms in total. The number of nitrogens with one attached hydrogen (secondary N) is 1. The van der Waals surface area contributed by atoms with E-state index in [0.717, 1.165) is 12.1 Å². The largest absolute Gasteiger partial charge is 0.388 e. The first-order valence-electron chi connectivity index (χ1n) is 7.39. The molecule has 2 aromatic rings. The quantitative estimate of drug-likeness (QED) is 0.852. The lowest BCUT2D eigenvalue weighted by atomic mass is 9.88. The van der Waals surface area contributed by atoms with Crippen LogP contribution in [0.5, 0.6) is 0 Å². The molecule has 2 atom stereocenters. The number of nitrogens with zero attached hydrogens (tertiary/aromatic N) is 3. The highest BCUT2D eigenvalue weighted by atomic mass is 16.3. The Morgan fingerprint density at radius 3 is 2.64 bits per heavy atom. The highest BCUT2D eigenvalue weighted by Gasteiger charge is 2.27. The van der Waals surface area contributed by atoms with Gasteiger partial charge in [0.05, 0.1) is 11.3 Å². The zero-order valence-corrected chi connectivity index (χ0v) is 13.2. The third-order valence-electron chi connectivity index (χ3n) is 4.09. The van der Waals surface area contributed by atoms with Crippen molar-refractivity contribution in [1.29, 1.82) is 0 Å². The predicted octanol–water partition coefficient (Wildman–Crippen LogP) is 1.79. The van der Waals surface area contributed by atoms with Crippen molar-refractivity contribution in [1.82, 2.24) is 20.1 Å². The van der Waals surface area contributed by atoms with Gasteiger partial charge in [-0.15, -0.1) is 0 Å². The number of benzene rings is 1. The zero-order valence-electron chi connectivity index (χ0n) is 13.2. The molecule has 2 rings (SSSR count). The second-order valence-electron chi connectivity index (χ2n) is 5.74. The number of carbonyl (C=O) groups is 1. The Labute approximate surface area is 130 Å². The van der Waals surface area contributed by atoms with Crippen LogP contribution in [-0.2, 0) is 0 Å². The summed E-state index contributed by atoms with van der Waals surface area (Å²) in [6.07, 6.45) is 3.91. The Bertz CT molecular complexity index is 606. The monoisotopic (exact) mass is 302 g/mol. The molecule has 0 saturated heterocycles. The van der Waals surface area contributed by atoms with Crippen molar-refractivity contribution in [2.24, 2.45) is 5.92 Å². The molecule has 2 unspecified atom stereocenters. The maximum Gasteiger partial charge on any atom is 0.251 e. The Kier molecular flexibility index (Phi) is 4.92. The fraction of sp³-hybridized carbons (Fsp3) is 0.438. The summed E-state index contributed by atoms with van der Waals surface area (Å²) >= 11 is 0. The molecular weight excluding hydrogens is 280 g/mol. The van der Waals surface area contributed by atoms with Gasteiger partial charge in [0.15, 0.2) is 0 Å². The Morgan fingerprint density at radius 1 is 1.41 bits per heavy atom. The van der Waals surface area contributed by atoms with E-state index in [9.17, 15) is 9.90 Å². The molecule has 118 valence electrons. The Hall–Kier alpha value is -2.21. The molecule has 0 aliphatic heterocycles. The van der Waals surface area contributed by atoms with E-state index < -0.39 is 5.60 Å². The maximum absolute atomic E-state index is 12.1. The summed E-state index contributed by atoms with van der Waals surface area (Å²) in [6, 6.07) is 7.06. The number of aliphatic hydroxyl groups is 1. The van der Waals surface area contributed by atoms with Crippen LogP contribution in [0.25, 0.3) is 5.69 Å². The van der Waals surface area contributed by atoms with Crippen LogP contribution in [-0.4, -0.2) is 37.9 Å². The fourth-order valence-corrected chi connectivity index (χ4v) is 2.08. The highest BCUT2D eigenvalue weighted by molar-refractivity contribution is 5.94. The SMILES string of the molecule is CCC(C)C(C)(O)CNC(=O)c1ccc(-n2cncn2)cc1. The van der Waals surface area contributed by atoms with Gasteiger partial charge in [0, 0.05) is 12.1 Å². The maximum atomic E-state index is 12.1. The Morgan fingerprint density at radius 2 is 2.09 bits per heavy atom. The van der Waals surface area contributed by atoms with Crippen molar-refractivity contribution in [2.75, 3.05) is 6.54 Å². The average Bonchev–Trinajstić information content (AvgIpc) is 3.06. The van der Waals surface area contributed by atoms with Crippen molar-refractivity contribution in [3.8, 4) is 5.69 Å². The molecule has 0 bridgehead atoms. The van der Waals surface area contributed by atoms with Gasteiger partial charge in [0.25, 0.3) is 5.91 Å². The van der Waals surface area contributed by atoms with Crippen LogP contribution in [0.15, 0.2) is 36.9 Å². The molecule has 0 aliphatic carbocycles. The summed E-state index contributed by atoms with van der Waals surface area (Å²) in [5.41, 5.74) is 0.468. The van der Waals surface area contributed by atoms with Crippen LogP contribution in [0.3, 0.4) is 0 Å². The van der Waals surface area contributed by atoms with E-state index in [1.54, 1.807) is 42.2 Å². The summed E-state index contributed by atoms with van der Waals surface area (Å²) in [6.45, 7) is 5.96. The summed E-state index contributed by atoms with van der Waals surface area (Å²) in [5.74, 6) is -0.0868. The van der Waals surface area contributed by atoms with Gasteiger partial charge >= 0.3 is 0 Å². The number of hydrogen-bond acceptors (Lipinski definition) is 4. The van der Waals surface area contributed by atoms with Crippen LogP contribution >= 0.6 is 0 Å². The molecule has 1 aromatic carbocycles. The van der Waals surface area contributed by atoms with Crippen molar-refractivity contribution in [2.45, 2.75) is 32.8 Å². The van der Waals surface area contributed by atoms with Gasteiger partial charge in [-0.3, -0.25) is 4.79 Å². The number of hydrogen-bond donors (Lipinski definition) is 2. The van der Waals surface area contributed by atoms with Crippen LogP contribution in [0, 0.1) is 5.92 Å². The molecule has 1 aromatic heterocycles. The summed E-state index contributed by atoms with van der Waals surface area (Å²) < 4.78 is 1.62. The molecule has 1 heterocycles. The van der Waals surface area contributed by atoms with E-state index in [4.69, 9.17) is 0 Å². The lowest BCUT2D eigenvalue weighted by molar-refractivity contribution is 0.00592. The lowest BCUT2D eigenvalue weighted by Crippen LogP contribution is -2.45. The molecule has 0 fully saturated rings. The van der Waals surface area contributed by atoms with Gasteiger partial charge in [-0.2, -0.15) is 5.10 Å². The normalized spacial score (nSPS) is 15.1. The van der Waals surface area contributed by atoms with E-state index in [-0.39, 0.29) is 18.4 Å². The molecular formula is C16H22N4O2. The number of aromatic nitrogens is 3. The first-order valence-corrected chi connectivity index (χ1v) is 7.39. The van der Waals surface area contributed by atoms with E-state index in [0.29, 0.717) is 5.56 Å². The molecule has 2 N–H and O–H groups in total. The van der Waals surface area contributed by atoms with Crippen molar-refractivity contribution >= 4 is 5.91 Å². The van der Waals surface area contributed by atoms with Gasteiger partial charge in [-0.1, -0.05) is 20.3 Å². The van der Waals surface area contributed by atoms with Crippen molar-refractivity contribution in [3.05, 3.63) is 42.5 Å². The highest BCUT2D eigenvalue weighted by Crippen LogP contribution is 2.19. The van der Waals surface area contributed by atoms with Crippen LogP contribution in [0.4, 0.5) is 0 Å². The minimum Gasteiger partial charge on any atom is -0.388 e. The van der Waals surface area contributed by atoms with E-state index in [2.05, 4.69) is 15.4 Å². The van der Waals surface area contributed by atoms with Gasteiger partial charge in [0.1, 0.15) is 12.7 Å². The third-order valence-corrected chi connectivity index (χ3v) is 4.09. The molecule has 1 amide bonds. The van der Waals surface area contributed by atoms with Crippen LogP contribution in [0.2, 0.25) is 0 Å². The third kappa shape index (κ3) is 3.71. The Balaban J connectivity index is 1.99. The fourth-order valence-electron chi connectivity index (χ4n) is 2.08. The molecule has 0 aliphatic rings. The number of amides is 1. The van der Waals surface area contributed by atoms with Crippen LogP contribution in [0.1, 0.15) is 37.6 Å². The molecule has 0 saturated carbocycles. The van der Waals surface area contributed by atoms with Gasteiger partial charge in [-0.25, -0.2) is 9.67 Å². The minimum absolute atomic E-state index is 0.113. The van der Waals surface area contributed by atoms with Crippen LogP contribution < -0.4 is 5.32 Å². The lowest BCUT2D eigenvalue weighted by Gasteiger charge is -2.29. The topological polar surface area (TPSA) is 80.0 Å². The zero-order chi connectivity index (χ0) is 16.2. The smallest absolute Gasteiger partial charge is 0.251 e.